The van der Waals surface area contributed by atoms with Gasteiger partial charge in [0.1, 0.15) is 5.83 Å². The second-order valence-electron chi connectivity index (χ2n) is 5.01. The first-order valence-corrected chi connectivity index (χ1v) is 6.87. The second kappa shape index (κ2) is 4.40. The van der Waals surface area contributed by atoms with Gasteiger partial charge in [0, 0.05) is 17.7 Å². The summed E-state index contributed by atoms with van der Waals surface area (Å²) in [6.07, 6.45) is 4.24. The van der Waals surface area contributed by atoms with Gasteiger partial charge in [-0.05, 0) is 36.7 Å². The largest absolute Gasteiger partial charge is 0.212 e. The Labute approximate surface area is 99.8 Å². The van der Waals surface area contributed by atoms with E-state index in [9.17, 15) is 4.39 Å². The molecule has 0 nitrogen and oxygen atoms in total. The molecule has 0 saturated heterocycles. The molecule has 0 radical (unpaired) electrons. The van der Waals surface area contributed by atoms with Crippen molar-refractivity contribution < 1.29 is 4.39 Å². The van der Waals surface area contributed by atoms with Crippen LogP contribution in [0, 0.1) is 17.8 Å². The highest BCUT2D eigenvalue weighted by molar-refractivity contribution is 9.09. The van der Waals surface area contributed by atoms with Crippen molar-refractivity contribution in [2.45, 2.75) is 32.6 Å². The van der Waals surface area contributed by atoms with Crippen LogP contribution in [0.2, 0.25) is 0 Å². The summed E-state index contributed by atoms with van der Waals surface area (Å²) in [6.45, 7) is 6.32. The molecule has 2 unspecified atom stereocenters. The third-order valence-corrected chi connectivity index (χ3v) is 4.23. The molecule has 2 aliphatic rings. The Kier molecular flexibility index (Phi) is 3.34. The monoisotopic (exact) mass is 272 g/mol. The van der Waals surface area contributed by atoms with Gasteiger partial charge in [-0.15, -0.1) is 0 Å². The fourth-order valence-corrected chi connectivity index (χ4v) is 3.23. The van der Waals surface area contributed by atoms with E-state index in [1.54, 1.807) is 0 Å². The number of hydrogen-bond acceptors (Lipinski definition) is 0. The molecule has 0 bridgehead atoms. The highest BCUT2D eigenvalue weighted by atomic mass is 79.9. The van der Waals surface area contributed by atoms with Crippen LogP contribution in [0.15, 0.2) is 23.6 Å². The first-order chi connectivity index (χ1) is 7.13. The Hall–Kier alpha value is -0.110. The van der Waals surface area contributed by atoms with Crippen molar-refractivity contribution in [1.82, 2.24) is 0 Å². The van der Waals surface area contributed by atoms with Gasteiger partial charge >= 0.3 is 0 Å². The predicted molar refractivity (Wildman–Crippen MR) is 65.7 cm³/mol. The van der Waals surface area contributed by atoms with Crippen LogP contribution in [0.3, 0.4) is 0 Å². The van der Waals surface area contributed by atoms with Gasteiger partial charge in [-0.1, -0.05) is 35.0 Å². The highest BCUT2D eigenvalue weighted by Gasteiger charge is 2.35. The molecule has 0 aliphatic heterocycles. The lowest BCUT2D eigenvalue weighted by molar-refractivity contribution is 0.372. The molecule has 84 valence electrons. The van der Waals surface area contributed by atoms with E-state index in [0.717, 1.165) is 12.0 Å². The van der Waals surface area contributed by atoms with Crippen LogP contribution in [0.1, 0.15) is 32.6 Å². The third kappa shape index (κ3) is 2.35. The molecule has 0 amide bonds. The van der Waals surface area contributed by atoms with Crippen LogP contribution in [0.5, 0.6) is 0 Å². The molecule has 1 saturated carbocycles. The number of alkyl halides is 1. The molecule has 0 spiro atoms. The Balaban J connectivity index is 2.20. The number of rotatable bonds is 3. The van der Waals surface area contributed by atoms with E-state index in [-0.39, 0.29) is 5.83 Å². The Morgan fingerprint density at radius 1 is 1.53 bits per heavy atom. The molecule has 2 atom stereocenters. The maximum Gasteiger partial charge on any atom is 0.101 e. The maximum atomic E-state index is 13.8. The van der Waals surface area contributed by atoms with Crippen LogP contribution in [0.25, 0.3) is 0 Å². The van der Waals surface area contributed by atoms with E-state index in [0.29, 0.717) is 29.5 Å². The van der Waals surface area contributed by atoms with Gasteiger partial charge in [0.15, 0.2) is 0 Å². The molecule has 15 heavy (non-hydrogen) atoms. The maximum absolute atomic E-state index is 13.8. The Bertz CT molecular complexity index is 302. The van der Waals surface area contributed by atoms with Crippen molar-refractivity contribution >= 4 is 15.9 Å². The van der Waals surface area contributed by atoms with E-state index in [1.807, 2.05) is 0 Å². The zero-order valence-corrected chi connectivity index (χ0v) is 10.8. The molecule has 0 N–H and O–H groups in total. The van der Waals surface area contributed by atoms with Crippen LogP contribution in [-0.4, -0.2) is 5.33 Å². The summed E-state index contributed by atoms with van der Waals surface area (Å²) in [5.74, 6) is 1.56. The fraction of sp³-hybridized carbons (Fsp3) is 0.692. The van der Waals surface area contributed by atoms with Crippen molar-refractivity contribution in [3.8, 4) is 0 Å². The molecular weight excluding hydrogens is 255 g/mol. The van der Waals surface area contributed by atoms with E-state index in [2.05, 4.69) is 29.4 Å². The molecular formula is C13H18BrF. The van der Waals surface area contributed by atoms with Crippen LogP contribution >= 0.6 is 15.9 Å². The number of hydrogen-bond donors (Lipinski definition) is 0. The first-order valence-electron chi connectivity index (χ1n) is 5.75. The average molecular weight is 273 g/mol. The molecule has 0 aromatic heterocycles. The van der Waals surface area contributed by atoms with Crippen molar-refractivity contribution in [2.24, 2.45) is 17.8 Å². The Morgan fingerprint density at radius 3 is 2.73 bits per heavy atom. The Morgan fingerprint density at radius 2 is 2.20 bits per heavy atom. The summed E-state index contributed by atoms with van der Waals surface area (Å²) in [5, 5.41) is 0.669. The molecule has 2 aliphatic carbocycles. The molecule has 0 aromatic rings. The lowest BCUT2D eigenvalue weighted by atomic mass is 9.77. The normalized spacial score (nSPS) is 31.9. The molecule has 2 rings (SSSR count). The van der Waals surface area contributed by atoms with Gasteiger partial charge in [0.2, 0.25) is 0 Å². The first kappa shape index (κ1) is 11.4. The van der Waals surface area contributed by atoms with E-state index in [4.69, 9.17) is 0 Å². The van der Waals surface area contributed by atoms with E-state index >= 15 is 0 Å². The number of allylic oxidation sites excluding steroid dienone is 3. The zero-order valence-electron chi connectivity index (χ0n) is 9.23. The SMILES string of the molecule is C=C(C1CC1)C1CC(C)CC(F)=C1CBr. The molecule has 0 aromatic carbocycles. The highest BCUT2D eigenvalue weighted by Crippen LogP contribution is 2.47. The zero-order chi connectivity index (χ0) is 11.0. The van der Waals surface area contributed by atoms with Crippen molar-refractivity contribution in [1.29, 1.82) is 0 Å². The van der Waals surface area contributed by atoms with Gasteiger partial charge in [-0.25, -0.2) is 4.39 Å². The van der Waals surface area contributed by atoms with E-state index < -0.39 is 0 Å². The molecule has 1 fully saturated rings. The second-order valence-corrected chi connectivity index (χ2v) is 5.57. The lowest BCUT2D eigenvalue weighted by Crippen LogP contribution is -2.20. The van der Waals surface area contributed by atoms with Crippen molar-refractivity contribution in [3.05, 3.63) is 23.6 Å². The third-order valence-electron chi connectivity index (χ3n) is 3.63. The minimum Gasteiger partial charge on any atom is -0.212 e. The van der Waals surface area contributed by atoms with Gasteiger partial charge in [0.05, 0.1) is 0 Å². The van der Waals surface area contributed by atoms with Gasteiger partial charge in [-0.2, -0.15) is 0 Å². The van der Waals surface area contributed by atoms with Gasteiger partial charge in [-0.3, -0.25) is 0 Å². The van der Waals surface area contributed by atoms with E-state index in [1.165, 1.54) is 18.4 Å². The summed E-state index contributed by atoms with van der Waals surface area (Å²) < 4.78 is 13.8. The fourth-order valence-electron chi connectivity index (χ4n) is 2.53. The van der Waals surface area contributed by atoms with Crippen molar-refractivity contribution in [3.63, 3.8) is 0 Å². The summed E-state index contributed by atoms with van der Waals surface area (Å²) >= 11 is 3.41. The van der Waals surface area contributed by atoms with Crippen LogP contribution in [-0.2, 0) is 0 Å². The summed E-state index contributed by atoms with van der Waals surface area (Å²) in [7, 11) is 0. The summed E-state index contributed by atoms with van der Waals surface area (Å²) in [6, 6.07) is 0. The predicted octanol–water partition coefficient (Wildman–Crippen LogP) is 4.62. The lowest BCUT2D eigenvalue weighted by Gasteiger charge is -2.30. The van der Waals surface area contributed by atoms with Crippen molar-refractivity contribution in [2.75, 3.05) is 5.33 Å². The smallest absolute Gasteiger partial charge is 0.101 e. The minimum absolute atomic E-state index is 0.109. The average Bonchev–Trinajstić information content (AvgIpc) is 2.98. The topological polar surface area (TPSA) is 0 Å². The summed E-state index contributed by atoms with van der Waals surface area (Å²) in [4.78, 5) is 0. The van der Waals surface area contributed by atoms with Crippen LogP contribution < -0.4 is 0 Å². The standard InChI is InChI=1S/C13H18BrF/c1-8-5-11(9(2)10-3-4-10)12(7-14)13(15)6-8/h8,10-11H,2-7H2,1H3. The summed E-state index contributed by atoms with van der Waals surface area (Å²) in [5.41, 5.74) is 2.25. The van der Waals surface area contributed by atoms with Gasteiger partial charge < -0.3 is 0 Å². The molecule has 0 heterocycles. The van der Waals surface area contributed by atoms with Gasteiger partial charge in [0.25, 0.3) is 0 Å². The molecule has 2 heteroatoms. The number of halogens is 2. The van der Waals surface area contributed by atoms with Crippen LogP contribution in [0.4, 0.5) is 4.39 Å². The quantitative estimate of drug-likeness (QED) is 0.520. The minimum atomic E-state index is 0.109.